The highest BCUT2D eigenvalue weighted by molar-refractivity contribution is 5.92. The van der Waals surface area contributed by atoms with Gasteiger partial charge in [0.1, 0.15) is 5.82 Å². The van der Waals surface area contributed by atoms with Crippen LogP contribution in [0.3, 0.4) is 0 Å². The molecule has 1 amide bonds. The number of hydrogen-bond acceptors (Lipinski definition) is 3. The molecule has 0 radical (unpaired) electrons. The lowest BCUT2D eigenvalue weighted by Crippen LogP contribution is -2.26. The van der Waals surface area contributed by atoms with Crippen molar-refractivity contribution < 1.29 is 9.18 Å². The Bertz CT molecular complexity index is 702. The van der Waals surface area contributed by atoms with Crippen LogP contribution in [0, 0.1) is 5.82 Å². The molecule has 3 rings (SSSR count). The third kappa shape index (κ3) is 3.64. The van der Waals surface area contributed by atoms with E-state index in [1.165, 1.54) is 12.1 Å². The summed E-state index contributed by atoms with van der Waals surface area (Å²) in [5, 5.41) is 13.4. The molecule has 6 heteroatoms. The zero-order chi connectivity index (χ0) is 17.2. The molecule has 1 aromatic carbocycles. The lowest BCUT2D eigenvalue weighted by Gasteiger charge is -2.24. The molecular formula is C18H23FN4O. The normalized spacial score (nSPS) is 17.9. The number of carbonyl (C=O) groups is 1. The third-order valence-corrected chi connectivity index (χ3v) is 4.64. The van der Waals surface area contributed by atoms with E-state index in [1.54, 1.807) is 18.3 Å². The number of carbonyl (C=O) groups excluding carboxylic acids is 1. The molecule has 2 heterocycles. The molecule has 1 aliphatic heterocycles. The first kappa shape index (κ1) is 16.6. The molecular weight excluding hydrogens is 307 g/mol. The van der Waals surface area contributed by atoms with Crippen molar-refractivity contribution >= 4 is 11.6 Å². The van der Waals surface area contributed by atoms with Gasteiger partial charge in [-0.15, -0.1) is 0 Å². The Morgan fingerprint density at radius 1 is 1.38 bits per heavy atom. The Kier molecular flexibility index (Phi) is 4.66. The van der Waals surface area contributed by atoms with E-state index in [4.69, 9.17) is 0 Å². The van der Waals surface area contributed by atoms with Gasteiger partial charge < -0.3 is 10.6 Å². The first-order chi connectivity index (χ1) is 11.5. The molecule has 1 aliphatic rings. The van der Waals surface area contributed by atoms with Gasteiger partial charge in [-0.05, 0) is 36.1 Å². The second-order valence-electron chi connectivity index (χ2n) is 7.00. The van der Waals surface area contributed by atoms with E-state index >= 15 is 0 Å². The topological polar surface area (TPSA) is 69.8 Å². The lowest BCUT2D eigenvalue weighted by atomic mass is 9.81. The number of hydrogen-bond donors (Lipinski definition) is 3. The van der Waals surface area contributed by atoms with Gasteiger partial charge in [-0.1, -0.05) is 26.0 Å². The summed E-state index contributed by atoms with van der Waals surface area (Å²) < 4.78 is 13.1. The molecule has 5 nitrogen and oxygen atoms in total. The van der Waals surface area contributed by atoms with Crippen molar-refractivity contribution in [1.29, 1.82) is 0 Å². The fraction of sp³-hybridized carbons (Fsp3) is 0.444. The van der Waals surface area contributed by atoms with Crippen molar-refractivity contribution in [1.82, 2.24) is 15.5 Å². The summed E-state index contributed by atoms with van der Waals surface area (Å²) in [5.41, 5.74) is 2.29. The molecule has 1 unspecified atom stereocenters. The molecule has 24 heavy (non-hydrogen) atoms. The molecule has 0 spiro atoms. The van der Waals surface area contributed by atoms with Crippen LogP contribution in [0.4, 0.5) is 10.1 Å². The van der Waals surface area contributed by atoms with Crippen LogP contribution in [0.2, 0.25) is 0 Å². The zero-order valence-electron chi connectivity index (χ0n) is 14.0. The summed E-state index contributed by atoms with van der Waals surface area (Å²) >= 11 is 0. The SMILES string of the molecule is CC(C)(CC(=O)Nc1cn[nH]c1C1CCNC1)c1ccc(F)cc1. The van der Waals surface area contributed by atoms with E-state index in [1.807, 2.05) is 13.8 Å². The molecule has 1 fully saturated rings. The molecule has 2 aromatic rings. The molecule has 1 atom stereocenters. The standard InChI is InChI=1S/C18H23FN4O/c1-18(2,13-3-5-14(19)6-4-13)9-16(24)22-15-11-21-23-17(15)12-7-8-20-10-12/h3-6,11-12,20H,7-10H2,1-2H3,(H,21,23)(H,22,24). The van der Waals surface area contributed by atoms with Gasteiger partial charge in [-0.2, -0.15) is 5.10 Å². The number of amides is 1. The van der Waals surface area contributed by atoms with E-state index in [-0.39, 0.29) is 17.1 Å². The van der Waals surface area contributed by atoms with E-state index in [0.29, 0.717) is 12.3 Å². The van der Waals surface area contributed by atoms with Gasteiger partial charge in [0, 0.05) is 18.9 Å². The minimum Gasteiger partial charge on any atom is -0.323 e. The number of nitrogens with zero attached hydrogens (tertiary/aromatic N) is 1. The smallest absolute Gasteiger partial charge is 0.225 e. The van der Waals surface area contributed by atoms with Gasteiger partial charge in [-0.3, -0.25) is 9.89 Å². The number of nitrogens with one attached hydrogen (secondary N) is 3. The molecule has 0 saturated carbocycles. The van der Waals surface area contributed by atoms with Crippen molar-refractivity contribution in [2.75, 3.05) is 18.4 Å². The van der Waals surface area contributed by atoms with Crippen molar-refractivity contribution in [3.63, 3.8) is 0 Å². The maximum absolute atomic E-state index is 13.1. The molecule has 1 aromatic heterocycles. The quantitative estimate of drug-likeness (QED) is 0.789. The fourth-order valence-corrected chi connectivity index (χ4v) is 3.21. The summed E-state index contributed by atoms with van der Waals surface area (Å²) in [7, 11) is 0. The van der Waals surface area contributed by atoms with E-state index in [9.17, 15) is 9.18 Å². The van der Waals surface area contributed by atoms with Crippen LogP contribution in [-0.4, -0.2) is 29.2 Å². The van der Waals surface area contributed by atoms with Gasteiger partial charge in [0.15, 0.2) is 0 Å². The third-order valence-electron chi connectivity index (χ3n) is 4.64. The minimum atomic E-state index is -0.378. The minimum absolute atomic E-state index is 0.0714. The summed E-state index contributed by atoms with van der Waals surface area (Å²) in [6.45, 7) is 5.84. The Morgan fingerprint density at radius 2 is 2.12 bits per heavy atom. The van der Waals surface area contributed by atoms with Crippen LogP contribution in [-0.2, 0) is 10.2 Å². The first-order valence-electron chi connectivity index (χ1n) is 8.25. The van der Waals surface area contributed by atoms with Crippen LogP contribution in [0.1, 0.15) is 43.9 Å². The van der Waals surface area contributed by atoms with Crippen molar-refractivity contribution in [3.05, 3.63) is 47.5 Å². The summed E-state index contributed by atoms with van der Waals surface area (Å²) in [6, 6.07) is 6.32. The van der Waals surface area contributed by atoms with E-state index < -0.39 is 0 Å². The van der Waals surface area contributed by atoms with Crippen LogP contribution < -0.4 is 10.6 Å². The van der Waals surface area contributed by atoms with Gasteiger partial charge in [0.25, 0.3) is 0 Å². The second-order valence-corrected chi connectivity index (χ2v) is 7.00. The van der Waals surface area contributed by atoms with Crippen LogP contribution in [0.15, 0.2) is 30.5 Å². The van der Waals surface area contributed by atoms with Gasteiger partial charge in [-0.25, -0.2) is 4.39 Å². The predicted molar refractivity (Wildman–Crippen MR) is 91.5 cm³/mol. The molecule has 3 N–H and O–H groups in total. The van der Waals surface area contributed by atoms with Crippen LogP contribution in [0.25, 0.3) is 0 Å². The average Bonchev–Trinajstić information content (AvgIpc) is 3.17. The Balaban J connectivity index is 1.67. The number of aromatic nitrogens is 2. The summed E-state index contributed by atoms with van der Waals surface area (Å²) in [6.07, 6.45) is 3.01. The van der Waals surface area contributed by atoms with Gasteiger partial charge >= 0.3 is 0 Å². The fourth-order valence-electron chi connectivity index (χ4n) is 3.21. The highest BCUT2D eigenvalue weighted by atomic mass is 19.1. The Morgan fingerprint density at radius 3 is 2.79 bits per heavy atom. The number of aromatic amines is 1. The number of rotatable bonds is 5. The molecule has 128 valence electrons. The van der Waals surface area contributed by atoms with E-state index in [2.05, 4.69) is 20.8 Å². The summed E-state index contributed by atoms with van der Waals surface area (Å²) in [4.78, 5) is 12.5. The summed E-state index contributed by atoms with van der Waals surface area (Å²) in [5.74, 6) is 0.0121. The first-order valence-corrected chi connectivity index (χ1v) is 8.25. The average molecular weight is 330 g/mol. The van der Waals surface area contributed by atoms with Crippen LogP contribution >= 0.6 is 0 Å². The Hall–Kier alpha value is -2.21. The van der Waals surface area contributed by atoms with Gasteiger partial charge in [0.05, 0.1) is 17.6 Å². The molecule has 0 aliphatic carbocycles. The number of anilines is 1. The Labute approximate surface area is 141 Å². The van der Waals surface area contributed by atoms with Crippen molar-refractivity contribution in [2.45, 2.75) is 38.0 Å². The zero-order valence-corrected chi connectivity index (χ0v) is 14.0. The predicted octanol–water partition coefficient (Wildman–Crippen LogP) is 2.93. The number of halogens is 1. The van der Waals surface area contributed by atoms with E-state index in [0.717, 1.165) is 36.5 Å². The van der Waals surface area contributed by atoms with Crippen LogP contribution in [0.5, 0.6) is 0 Å². The van der Waals surface area contributed by atoms with Crippen molar-refractivity contribution in [2.24, 2.45) is 0 Å². The maximum atomic E-state index is 13.1. The molecule has 1 saturated heterocycles. The lowest BCUT2D eigenvalue weighted by molar-refractivity contribution is -0.117. The highest BCUT2D eigenvalue weighted by Crippen LogP contribution is 2.30. The van der Waals surface area contributed by atoms with Crippen molar-refractivity contribution in [3.8, 4) is 0 Å². The maximum Gasteiger partial charge on any atom is 0.225 e. The highest BCUT2D eigenvalue weighted by Gasteiger charge is 2.26. The van der Waals surface area contributed by atoms with Gasteiger partial charge in [0.2, 0.25) is 5.91 Å². The number of benzene rings is 1. The molecule has 0 bridgehead atoms. The number of H-pyrrole nitrogens is 1. The monoisotopic (exact) mass is 330 g/mol. The largest absolute Gasteiger partial charge is 0.323 e. The second kappa shape index (κ2) is 6.73.